The van der Waals surface area contributed by atoms with Gasteiger partial charge in [0.25, 0.3) is 5.91 Å². The monoisotopic (exact) mass is 294 g/mol. The summed E-state index contributed by atoms with van der Waals surface area (Å²) in [5.74, 6) is 1.77. The molecule has 1 saturated heterocycles. The maximum atomic E-state index is 12.2. The first kappa shape index (κ1) is 16.0. The van der Waals surface area contributed by atoms with E-state index in [1.807, 2.05) is 13.0 Å². The maximum Gasteiger partial charge on any atom is 0.254 e. The van der Waals surface area contributed by atoms with Crippen molar-refractivity contribution < 1.29 is 13.9 Å². The lowest BCUT2D eigenvalue weighted by atomic mass is 10.1. The van der Waals surface area contributed by atoms with Crippen LogP contribution in [0.15, 0.2) is 10.5 Å². The minimum Gasteiger partial charge on any atom is -0.465 e. The summed E-state index contributed by atoms with van der Waals surface area (Å²) in [5.41, 5.74) is 0.639. The number of hydrogen-bond donors (Lipinski definition) is 1. The van der Waals surface area contributed by atoms with Crippen molar-refractivity contribution in [3.8, 4) is 0 Å². The zero-order chi connectivity index (χ0) is 15.4. The minimum absolute atomic E-state index is 0.0627. The van der Waals surface area contributed by atoms with Crippen LogP contribution >= 0.6 is 0 Å². The number of rotatable bonds is 5. The molecule has 1 aliphatic heterocycles. The van der Waals surface area contributed by atoms with Crippen LogP contribution in [0.25, 0.3) is 0 Å². The number of nitrogens with one attached hydrogen (secondary N) is 1. The molecule has 0 spiro atoms. The summed E-state index contributed by atoms with van der Waals surface area (Å²) in [6, 6.07) is 1.85. The Morgan fingerprint density at radius 2 is 2.29 bits per heavy atom. The van der Waals surface area contributed by atoms with Crippen LogP contribution in [-0.4, -0.2) is 50.2 Å². The molecule has 0 radical (unpaired) electrons. The molecule has 1 atom stereocenters. The van der Waals surface area contributed by atoms with E-state index in [0.717, 1.165) is 31.9 Å². The molecule has 1 aromatic rings. The topological polar surface area (TPSA) is 54.7 Å². The number of ether oxygens (including phenoxy) is 1. The molecule has 2 rings (SSSR count). The van der Waals surface area contributed by atoms with Crippen LogP contribution in [0, 0.1) is 6.92 Å². The number of aryl methyl sites for hydroxylation is 1. The second-order valence-corrected chi connectivity index (χ2v) is 6.07. The van der Waals surface area contributed by atoms with Gasteiger partial charge in [-0.1, -0.05) is 13.8 Å². The molecule has 21 heavy (non-hydrogen) atoms. The maximum absolute atomic E-state index is 12.2. The lowest BCUT2D eigenvalue weighted by Gasteiger charge is -2.30. The Bertz CT molecular complexity index is 482. The van der Waals surface area contributed by atoms with E-state index < -0.39 is 0 Å². The first-order valence-corrected chi connectivity index (χ1v) is 7.66. The van der Waals surface area contributed by atoms with Gasteiger partial charge in [-0.15, -0.1) is 0 Å². The van der Waals surface area contributed by atoms with Crippen LogP contribution in [0.3, 0.4) is 0 Å². The fourth-order valence-corrected chi connectivity index (χ4v) is 2.50. The van der Waals surface area contributed by atoms with Crippen molar-refractivity contribution in [3.05, 3.63) is 23.2 Å². The Hall–Kier alpha value is -1.33. The molecule has 118 valence electrons. The van der Waals surface area contributed by atoms with Gasteiger partial charge in [0.05, 0.1) is 18.3 Å². The van der Waals surface area contributed by atoms with E-state index in [-0.39, 0.29) is 17.9 Å². The molecule has 1 aromatic heterocycles. The van der Waals surface area contributed by atoms with Crippen molar-refractivity contribution in [2.45, 2.75) is 39.2 Å². The quantitative estimate of drug-likeness (QED) is 0.904. The molecule has 0 aromatic carbocycles. The van der Waals surface area contributed by atoms with Crippen LogP contribution in [0.4, 0.5) is 0 Å². The number of amides is 1. The number of nitrogens with zero attached hydrogens (tertiary/aromatic N) is 1. The van der Waals surface area contributed by atoms with Gasteiger partial charge < -0.3 is 19.4 Å². The van der Waals surface area contributed by atoms with E-state index in [2.05, 4.69) is 31.1 Å². The minimum atomic E-state index is -0.0627. The van der Waals surface area contributed by atoms with Crippen molar-refractivity contribution >= 4 is 5.91 Å². The van der Waals surface area contributed by atoms with E-state index in [0.29, 0.717) is 17.9 Å². The van der Waals surface area contributed by atoms with Gasteiger partial charge >= 0.3 is 0 Å². The van der Waals surface area contributed by atoms with Gasteiger partial charge in [-0.3, -0.25) is 4.79 Å². The Balaban J connectivity index is 1.81. The second kappa shape index (κ2) is 7.09. The lowest BCUT2D eigenvalue weighted by molar-refractivity contribution is -0.0226. The SMILES string of the molecule is Cc1oc(C(C)C)cc1C(=O)NCC[C@@H]1CN(C)CCO1. The van der Waals surface area contributed by atoms with Gasteiger partial charge in [0.15, 0.2) is 0 Å². The molecule has 0 bridgehead atoms. The van der Waals surface area contributed by atoms with Crippen LogP contribution in [0.5, 0.6) is 0 Å². The van der Waals surface area contributed by atoms with Crippen LogP contribution in [-0.2, 0) is 4.74 Å². The number of likely N-dealkylation sites (N-methyl/N-ethyl adjacent to an activating group) is 1. The van der Waals surface area contributed by atoms with Crippen LogP contribution in [0.2, 0.25) is 0 Å². The van der Waals surface area contributed by atoms with Crippen molar-refractivity contribution in [3.63, 3.8) is 0 Å². The highest BCUT2D eigenvalue weighted by molar-refractivity contribution is 5.95. The zero-order valence-electron chi connectivity index (χ0n) is 13.4. The zero-order valence-corrected chi connectivity index (χ0v) is 13.4. The summed E-state index contributed by atoms with van der Waals surface area (Å²) in [5, 5.41) is 2.96. The van der Waals surface area contributed by atoms with Gasteiger partial charge in [-0.05, 0) is 26.5 Å². The first-order valence-electron chi connectivity index (χ1n) is 7.66. The molecule has 0 aliphatic carbocycles. The van der Waals surface area contributed by atoms with E-state index in [1.165, 1.54) is 0 Å². The van der Waals surface area contributed by atoms with Gasteiger partial charge in [-0.2, -0.15) is 0 Å². The number of morpholine rings is 1. The van der Waals surface area contributed by atoms with Crippen molar-refractivity contribution in [1.29, 1.82) is 0 Å². The van der Waals surface area contributed by atoms with Crippen molar-refractivity contribution in [2.75, 3.05) is 33.3 Å². The molecule has 1 aliphatic rings. The Morgan fingerprint density at radius 1 is 1.52 bits per heavy atom. The average Bonchev–Trinajstić information content (AvgIpc) is 2.81. The first-order chi connectivity index (χ1) is 9.97. The third-order valence-electron chi connectivity index (χ3n) is 3.84. The van der Waals surface area contributed by atoms with Gasteiger partial charge in [0.2, 0.25) is 0 Å². The Labute approximate surface area is 126 Å². The number of carbonyl (C=O) groups is 1. The lowest BCUT2D eigenvalue weighted by Crippen LogP contribution is -2.41. The smallest absolute Gasteiger partial charge is 0.254 e. The average molecular weight is 294 g/mol. The standard InChI is InChI=1S/C16H26N2O3/c1-11(2)15-9-14(12(3)21-15)16(19)17-6-5-13-10-18(4)7-8-20-13/h9,11,13H,5-8,10H2,1-4H3,(H,17,19)/t13-/m1/s1. The Morgan fingerprint density at radius 3 is 2.90 bits per heavy atom. The molecule has 1 N–H and O–H groups in total. The largest absolute Gasteiger partial charge is 0.465 e. The molecule has 2 heterocycles. The summed E-state index contributed by atoms with van der Waals surface area (Å²) < 4.78 is 11.3. The highest BCUT2D eigenvalue weighted by Crippen LogP contribution is 2.21. The normalized spacial score (nSPS) is 20.0. The van der Waals surface area contributed by atoms with Gasteiger partial charge in [0.1, 0.15) is 11.5 Å². The van der Waals surface area contributed by atoms with E-state index in [4.69, 9.17) is 9.15 Å². The number of hydrogen-bond acceptors (Lipinski definition) is 4. The highest BCUT2D eigenvalue weighted by atomic mass is 16.5. The molecule has 0 saturated carbocycles. The summed E-state index contributed by atoms with van der Waals surface area (Å²) in [4.78, 5) is 14.4. The summed E-state index contributed by atoms with van der Waals surface area (Å²) in [6.45, 7) is 9.24. The van der Waals surface area contributed by atoms with Crippen molar-refractivity contribution in [2.24, 2.45) is 0 Å². The van der Waals surface area contributed by atoms with Crippen molar-refractivity contribution in [1.82, 2.24) is 10.2 Å². The molecule has 5 nitrogen and oxygen atoms in total. The molecule has 1 fully saturated rings. The molecule has 1 amide bonds. The fourth-order valence-electron chi connectivity index (χ4n) is 2.50. The molecule has 0 unspecified atom stereocenters. The number of carbonyl (C=O) groups excluding carboxylic acids is 1. The highest BCUT2D eigenvalue weighted by Gasteiger charge is 2.19. The van der Waals surface area contributed by atoms with Gasteiger partial charge in [0, 0.05) is 25.6 Å². The predicted molar refractivity (Wildman–Crippen MR) is 81.7 cm³/mol. The third-order valence-corrected chi connectivity index (χ3v) is 3.84. The summed E-state index contributed by atoms with van der Waals surface area (Å²) >= 11 is 0. The molecular weight excluding hydrogens is 268 g/mol. The molecule has 5 heteroatoms. The Kier molecular flexibility index (Phi) is 5.42. The fraction of sp³-hybridized carbons (Fsp3) is 0.688. The summed E-state index contributed by atoms with van der Waals surface area (Å²) in [7, 11) is 2.09. The van der Waals surface area contributed by atoms with Crippen LogP contribution in [0.1, 0.15) is 48.1 Å². The van der Waals surface area contributed by atoms with E-state index in [1.54, 1.807) is 0 Å². The third kappa shape index (κ3) is 4.32. The molecular formula is C16H26N2O3. The number of furan rings is 1. The van der Waals surface area contributed by atoms with Gasteiger partial charge in [-0.25, -0.2) is 0 Å². The second-order valence-electron chi connectivity index (χ2n) is 6.07. The summed E-state index contributed by atoms with van der Waals surface area (Å²) in [6.07, 6.45) is 1.05. The predicted octanol–water partition coefficient (Wildman–Crippen LogP) is 2.16. The van der Waals surface area contributed by atoms with E-state index in [9.17, 15) is 4.79 Å². The van der Waals surface area contributed by atoms with Crippen LogP contribution < -0.4 is 5.32 Å². The van der Waals surface area contributed by atoms with E-state index >= 15 is 0 Å².